The molecule has 3 atom stereocenters. The lowest BCUT2D eigenvalue weighted by atomic mass is 9.81. The number of amides is 2. The van der Waals surface area contributed by atoms with E-state index in [1.54, 1.807) is 6.92 Å². The van der Waals surface area contributed by atoms with Gasteiger partial charge in [0.1, 0.15) is 6.04 Å². The quantitative estimate of drug-likeness (QED) is 0.675. The minimum atomic E-state index is -0.837. The Kier molecular flexibility index (Phi) is 6.48. The molecular formula is C14H24N2O4. The highest BCUT2D eigenvalue weighted by atomic mass is 16.4. The van der Waals surface area contributed by atoms with Crippen LogP contribution in [0.3, 0.4) is 0 Å². The minimum absolute atomic E-state index is 0.203. The molecule has 0 bridgehead atoms. The third-order valence-corrected chi connectivity index (χ3v) is 3.70. The first-order chi connectivity index (χ1) is 9.45. The third kappa shape index (κ3) is 4.83. The maximum atomic E-state index is 12.1. The second-order valence-corrected chi connectivity index (χ2v) is 5.42. The molecule has 6 heteroatoms. The van der Waals surface area contributed by atoms with Crippen LogP contribution in [0.1, 0.15) is 46.0 Å². The summed E-state index contributed by atoms with van der Waals surface area (Å²) in [6.45, 7) is 4.18. The second-order valence-electron chi connectivity index (χ2n) is 5.42. The number of hydrogen-bond acceptors (Lipinski definition) is 3. The maximum Gasteiger partial charge on any atom is 0.306 e. The van der Waals surface area contributed by atoms with Crippen LogP contribution in [0.25, 0.3) is 0 Å². The number of carboxylic acid groups (broad SMARTS) is 1. The molecule has 1 fully saturated rings. The first-order valence-corrected chi connectivity index (χ1v) is 7.26. The van der Waals surface area contributed by atoms with Crippen LogP contribution in [0.15, 0.2) is 0 Å². The normalized spacial score (nSPS) is 23.7. The van der Waals surface area contributed by atoms with Crippen LogP contribution >= 0.6 is 0 Å². The highest BCUT2D eigenvalue weighted by molar-refractivity contribution is 5.88. The first kappa shape index (κ1) is 16.5. The number of carboxylic acids is 1. The van der Waals surface area contributed by atoms with Crippen molar-refractivity contribution in [1.82, 2.24) is 10.6 Å². The minimum Gasteiger partial charge on any atom is -0.481 e. The van der Waals surface area contributed by atoms with Crippen molar-refractivity contribution in [3.63, 3.8) is 0 Å². The Labute approximate surface area is 119 Å². The predicted molar refractivity (Wildman–Crippen MR) is 74.0 cm³/mol. The van der Waals surface area contributed by atoms with Gasteiger partial charge in [0.15, 0.2) is 0 Å². The lowest BCUT2D eigenvalue weighted by Crippen LogP contribution is -2.47. The van der Waals surface area contributed by atoms with Crippen LogP contribution in [0.4, 0.5) is 0 Å². The molecule has 1 rings (SSSR count). The zero-order valence-electron chi connectivity index (χ0n) is 12.1. The number of carbonyl (C=O) groups is 3. The number of aliphatic carboxylic acids is 1. The third-order valence-electron chi connectivity index (χ3n) is 3.70. The van der Waals surface area contributed by atoms with Crippen molar-refractivity contribution in [2.24, 2.45) is 11.8 Å². The zero-order chi connectivity index (χ0) is 15.1. The second kappa shape index (κ2) is 7.87. The van der Waals surface area contributed by atoms with E-state index in [0.29, 0.717) is 25.8 Å². The van der Waals surface area contributed by atoms with Crippen LogP contribution in [-0.2, 0) is 14.4 Å². The Hall–Kier alpha value is -1.59. The largest absolute Gasteiger partial charge is 0.481 e. The van der Waals surface area contributed by atoms with Gasteiger partial charge >= 0.3 is 5.97 Å². The fraction of sp³-hybridized carbons (Fsp3) is 0.786. The number of hydrogen-bond donors (Lipinski definition) is 3. The van der Waals surface area contributed by atoms with E-state index < -0.39 is 17.9 Å². The summed E-state index contributed by atoms with van der Waals surface area (Å²) >= 11 is 0. The average Bonchev–Trinajstić information content (AvgIpc) is 2.44. The van der Waals surface area contributed by atoms with Gasteiger partial charge in [0.25, 0.3) is 0 Å². The van der Waals surface area contributed by atoms with Gasteiger partial charge in [-0.25, -0.2) is 0 Å². The summed E-state index contributed by atoms with van der Waals surface area (Å²) in [5.41, 5.74) is 0. The molecule has 3 unspecified atom stereocenters. The highest BCUT2D eigenvalue weighted by Gasteiger charge is 2.31. The van der Waals surface area contributed by atoms with Crippen molar-refractivity contribution < 1.29 is 19.5 Å². The standard InChI is InChI=1S/C14H24N2O4/c1-3-7-15-12(17)9(2)16-13(18)10-5-4-6-11(8-10)14(19)20/h9-11H,3-8H2,1-2H3,(H,15,17)(H,16,18)(H,19,20). The van der Waals surface area contributed by atoms with Gasteiger partial charge in [-0.05, 0) is 32.6 Å². The highest BCUT2D eigenvalue weighted by Crippen LogP contribution is 2.29. The van der Waals surface area contributed by atoms with Crippen molar-refractivity contribution in [2.45, 2.75) is 52.0 Å². The van der Waals surface area contributed by atoms with Crippen molar-refractivity contribution >= 4 is 17.8 Å². The molecule has 0 aromatic carbocycles. The molecular weight excluding hydrogens is 260 g/mol. The molecule has 6 nitrogen and oxygen atoms in total. The van der Waals surface area contributed by atoms with Gasteiger partial charge in [0.05, 0.1) is 5.92 Å². The van der Waals surface area contributed by atoms with Gasteiger partial charge in [-0.3, -0.25) is 14.4 Å². The molecule has 0 heterocycles. The summed E-state index contributed by atoms with van der Waals surface area (Å²) in [6, 6.07) is -0.584. The number of nitrogens with one attached hydrogen (secondary N) is 2. The molecule has 1 aliphatic carbocycles. The lowest BCUT2D eigenvalue weighted by molar-refractivity contribution is -0.144. The van der Waals surface area contributed by atoms with E-state index in [1.807, 2.05) is 6.92 Å². The summed E-state index contributed by atoms with van der Waals surface area (Å²) in [4.78, 5) is 34.7. The van der Waals surface area contributed by atoms with Gasteiger partial charge in [0, 0.05) is 12.5 Å². The van der Waals surface area contributed by atoms with Crippen molar-refractivity contribution in [2.75, 3.05) is 6.54 Å². The molecule has 1 aliphatic rings. The molecule has 3 N–H and O–H groups in total. The summed E-state index contributed by atoms with van der Waals surface area (Å²) in [6.07, 6.45) is 3.27. The number of carbonyl (C=O) groups excluding carboxylic acids is 2. The fourth-order valence-corrected chi connectivity index (χ4v) is 2.45. The lowest BCUT2D eigenvalue weighted by Gasteiger charge is -2.26. The van der Waals surface area contributed by atoms with Crippen molar-refractivity contribution in [3.05, 3.63) is 0 Å². The molecule has 0 aromatic heterocycles. The van der Waals surface area contributed by atoms with Gasteiger partial charge in [-0.15, -0.1) is 0 Å². The van der Waals surface area contributed by atoms with E-state index in [4.69, 9.17) is 5.11 Å². The summed E-state index contributed by atoms with van der Waals surface area (Å²) in [5, 5.41) is 14.4. The van der Waals surface area contributed by atoms with E-state index in [1.165, 1.54) is 0 Å². The molecule has 0 aromatic rings. The van der Waals surface area contributed by atoms with Crippen LogP contribution in [0, 0.1) is 11.8 Å². The molecule has 0 radical (unpaired) electrons. The molecule has 114 valence electrons. The van der Waals surface area contributed by atoms with Crippen LogP contribution in [0.2, 0.25) is 0 Å². The van der Waals surface area contributed by atoms with Crippen LogP contribution < -0.4 is 10.6 Å². The smallest absolute Gasteiger partial charge is 0.306 e. The molecule has 2 amide bonds. The Morgan fingerprint density at radius 1 is 1.25 bits per heavy atom. The van der Waals surface area contributed by atoms with Crippen LogP contribution in [0.5, 0.6) is 0 Å². The van der Waals surface area contributed by atoms with Gasteiger partial charge < -0.3 is 15.7 Å². The Bertz CT molecular complexity index is 370. The van der Waals surface area contributed by atoms with E-state index in [2.05, 4.69) is 10.6 Å². The molecule has 0 saturated heterocycles. The Morgan fingerprint density at radius 3 is 2.50 bits per heavy atom. The van der Waals surface area contributed by atoms with Gasteiger partial charge in [-0.2, -0.15) is 0 Å². The average molecular weight is 284 g/mol. The molecule has 20 heavy (non-hydrogen) atoms. The maximum absolute atomic E-state index is 12.1. The van der Waals surface area contributed by atoms with E-state index in [-0.39, 0.29) is 17.7 Å². The molecule has 0 spiro atoms. The van der Waals surface area contributed by atoms with Gasteiger partial charge in [0.2, 0.25) is 11.8 Å². The molecule has 0 aliphatic heterocycles. The topological polar surface area (TPSA) is 95.5 Å². The van der Waals surface area contributed by atoms with E-state index in [0.717, 1.165) is 12.8 Å². The predicted octanol–water partition coefficient (Wildman–Crippen LogP) is 0.908. The van der Waals surface area contributed by atoms with Crippen molar-refractivity contribution in [1.29, 1.82) is 0 Å². The van der Waals surface area contributed by atoms with E-state index in [9.17, 15) is 14.4 Å². The monoisotopic (exact) mass is 284 g/mol. The van der Waals surface area contributed by atoms with Gasteiger partial charge in [-0.1, -0.05) is 13.3 Å². The zero-order valence-corrected chi connectivity index (χ0v) is 12.1. The first-order valence-electron chi connectivity index (χ1n) is 7.26. The SMILES string of the molecule is CCCNC(=O)C(C)NC(=O)C1CCCC(C(=O)O)C1. The Balaban J connectivity index is 2.45. The van der Waals surface area contributed by atoms with Crippen molar-refractivity contribution in [3.8, 4) is 0 Å². The number of rotatable bonds is 6. The fourth-order valence-electron chi connectivity index (χ4n) is 2.45. The summed E-state index contributed by atoms with van der Waals surface area (Å²) < 4.78 is 0. The Morgan fingerprint density at radius 2 is 1.90 bits per heavy atom. The molecule has 1 saturated carbocycles. The summed E-state index contributed by atoms with van der Waals surface area (Å²) in [5.74, 6) is -1.99. The summed E-state index contributed by atoms with van der Waals surface area (Å²) in [7, 11) is 0. The van der Waals surface area contributed by atoms with E-state index >= 15 is 0 Å². The van der Waals surface area contributed by atoms with Crippen LogP contribution in [-0.4, -0.2) is 35.5 Å².